The molecule has 2 N–H and O–H groups in total. The normalized spacial score (nSPS) is 21.1. The summed E-state index contributed by atoms with van der Waals surface area (Å²) in [5, 5.41) is 0. The van der Waals surface area contributed by atoms with Crippen LogP contribution >= 0.6 is 0 Å². The predicted molar refractivity (Wildman–Crippen MR) is 60.9 cm³/mol. The van der Waals surface area contributed by atoms with Crippen molar-refractivity contribution in [3.8, 4) is 5.75 Å². The highest BCUT2D eigenvalue weighted by Gasteiger charge is 2.26. The molecule has 1 unspecified atom stereocenters. The number of methoxy groups -OCH3 is 1. The second-order valence-electron chi connectivity index (χ2n) is 3.96. The van der Waals surface area contributed by atoms with Gasteiger partial charge in [-0.15, -0.1) is 0 Å². The number of para-hydroxylation sites is 1. The van der Waals surface area contributed by atoms with E-state index in [9.17, 15) is 0 Å². The molecule has 1 saturated heterocycles. The van der Waals surface area contributed by atoms with Crippen molar-refractivity contribution in [2.75, 3.05) is 20.2 Å². The number of rotatable bonds is 4. The van der Waals surface area contributed by atoms with Crippen LogP contribution in [-0.2, 0) is 6.54 Å². The molecule has 15 heavy (non-hydrogen) atoms. The van der Waals surface area contributed by atoms with Gasteiger partial charge in [0.05, 0.1) is 7.11 Å². The van der Waals surface area contributed by atoms with Crippen molar-refractivity contribution in [1.82, 2.24) is 4.90 Å². The van der Waals surface area contributed by atoms with E-state index in [-0.39, 0.29) is 0 Å². The molecule has 1 aromatic rings. The van der Waals surface area contributed by atoms with Crippen molar-refractivity contribution < 1.29 is 4.74 Å². The SMILES string of the molecule is COc1ccccc1CN1CCC1CN. The van der Waals surface area contributed by atoms with Crippen LogP contribution in [0.1, 0.15) is 12.0 Å². The Hall–Kier alpha value is -1.06. The van der Waals surface area contributed by atoms with Gasteiger partial charge < -0.3 is 10.5 Å². The quantitative estimate of drug-likeness (QED) is 0.805. The van der Waals surface area contributed by atoms with Crippen molar-refractivity contribution in [2.24, 2.45) is 5.73 Å². The van der Waals surface area contributed by atoms with Crippen LogP contribution < -0.4 is 10.5 Å². The maximum Gasteiger partial charge on any atom is 0.123 e. The van der Waals surface area contributed by atoms with Gasteiger partial charge in [0, 0.05) is 31.2 Å². The summed E-state index contributed by atoms with van der Waals surface area (Å²) >= 11 is 0. The average molecular weight is 206 g/mol. The molecule has 0 saturated carbocycles. The maximum atomic E-state index is 5.68. The first-order valence-electron chi connectivity index (χ1n) is 5.41. The lowest BCUT2D eigenvalue weighted by atomic mass is 10.0. The van der Waals surface area contributed by atoms with Gasteiger partial charge in [-0.1, -0.05) is 18.2 Å². The summed E-state index contributed by atoms with van der Waals surface area (Å²) in [6, 6.07) is 8.74. The Morgan fingerprint density at radius 1 is 1.47 bits per heavy atom. The number of hydrogen-bond donors (Lipinski definition) is 1. The molecule has 1 aliphatic heterocycles. The molecule has 3 heteroatoms. The van der Waals surface area contributed by atoms with Crippen LogP contribution in [-0.4, -0.2) is 31.1 Å². The molecule has 0 bridgehead atoms. The Kier molecular flexibility index (Phi) is 3.23. The summed E-state index contributed by atoms with van der Waals surface area (Å²) in [6.07, 6.45) is 1.23. The topological polar surface area (TPSA) is 38.5 Å². The second kappa shape index (κ2) is 4.64. The minimum absolute atomic E-state index is 0.565. The Balaban J connectivity index is 2.04. The van der Waals surface area contributed by atoms with E-state index in [1.807, 2.05) is 12.1 Å². The predicted octanol–water partition coefficient (Wildman–Crippen LogP) is 1.23. The van der Waals surface area contributed by atoms with Gasteiger partial charge in [-0.3, -0.25) is 4.90 Å². The van der Waals surface area contributed by atoms with Gasteiger partial charge in [-0.25, -0.2) is 0 Å². The fraction of sp³-hybridized carbons (Fsp3) is 0.500. The van der Waals surface area contributed by atoms with Crippen LogP contribution in [0.5, 0.6) is 5.75 Å². The molecule has 1 aromatic carbocycles. The third-order valence-electron chi connectivity index (χ3n) is 3.10. The molecule has 1 fully saturated rings. The highest BCUT2D eigenvalue weighted by molar-refractivity contribution is 5.33. The zero-order chi connectivity index (χ0) is 10.7. The van der Waals surface area contributed by atoms with Crippen LogP contribution in [0.3, 0.4) is 0 Å². The van der Waals surface area contributed by atoms with Crippen molar-refractivity contribution in [3.63, 3.8) is 0 Å². The monoisotopic (exact) mass is 206 g/mol. The summed E-state index contributed by atoms with van der Waals surface area (Å²) in [6.45, 7) is 2.86. The number of nitrogens with two attached hydrogens (primary N) is 1. The Labute approximate surface area is 90.8 Å². The molecule has 1 heterocycles. The summed E-state index contributed by atoms with van der Waals surface area (Å²) in [7, 11) is 1.72. The third-order valence-corrected chi connectivity index (χ3v) is 3.10. The van der Waals surface area contributed by atoms with Crippen LogP contribution in [0.15, 0.2) is 24.3 Å². The van der Waals surface area contributed by atoms with E-state index in [4.69, 9.17) is 10.5 Å². The lowest BCUT2D eigenvalue weighted by Crippen LogP contribution is -2.50. The van der Waals surface area contributed by atoms with Gasteiger partial charge >= 0.3 is 0 Å². The van der Waals surface area contributed by atoms with E-state index >= 15 is 0 Å². The Morgan fingerprint density at radius 3 is 2.87 bits per heavy atom. The molecule has 0 spiro atoms. The number of nitrogens with zero attached hydrogens (tertiary/aromatic N) is 1. The maximum absolute atomic E-state index is 5.68. The van der Waals surface area contributed by atoms with E-state index in [0.29, 0.717) is 6.04 Å². The molecule has 2 rings (SSSR count). The van der Waals surface area contributed by atoms with Crippen molar-refractivity contribution in [1.29, 1.82) is 0 Å². The minimum atomic E-state index is 0.565. The molecule has 0 radical (unpaired) electrons. The molecule has 1 aliphatic rings. The highest BCUT2D eigenvalue weighted by atomic mass is 16.5. The summed E-state index contributed by atoms with van der Waals surface area (Å²) in [5.41, 5.74) is 6.92. The van der Waals surface area contributed by atoms with E-state index < -0.39 is 0 Å². The largest absolute Gasteiger partial charge is 0.496 e. The molecular formula is C12H18N2O. The van der Waals surface area contributed by atoms with Crippen LogP contribution in [0, 0.1) is 0 Å². The van der Waals surface area contributed by atoms with Gasteiger partial charge in [0.2, 0.25) is 0 Å². The minimum Gasteiger partial charge on any atom is -0.496 e. The van der Waals surface area contributed by atoms with Gasteiger partial charge in [0.1, 0.15) is 5.75 Å². The highest BCUT2D eigenvalue weighted by Crippen LogP contribution is 2.24. The van der Waals surface area contributed by atoms with E-state index in [2.05, 4.69) is 17.0 Å². The molecule has 1 atom stereocenters. The van der Waals surface area contributed by atoms with E-state index in [1.54, 1.807) is 7.11 Å². The first kappa shape index (κ1) is 10.5. The lowest BCUT2D eigenvalue weighted by Gasteiger charge is -2.40. The smallest absolute Gasteiger partial charge is 0.123 e. The zero-order valence-corrected chi connectivity index (χ0v) is 9.15. The van der Waals surface area contributed by atoms with Gasteiger partial charge in [0.25, 0.3) is 0 Å². The van der Waals surface area contributed by atoms with Crippen LogP contribution in [0.4, 0.5) is 0 Å². The third kappa shape index (κ3) is 2.13. The number of ether oxygens (including phenoxy) is 1. The Morgan fingerprint density at radius 2 is 2.27 bits per heavy atom. The molecule has 82 valence electrons. The zero-order valence-electron chi connectivity index (χ0n) is 9.15. The second-order valence-corrected chi connectivity index (χ2v) is 3.96. The van der Waals surface area contributed by atoms with Gasteiger partial charge in [0.15, 0.2) is 0 Å². The Bertz CT molecular complexity index is 325. The fourth-order valence-electron chi connectivity index (χ4n) is 2.02. The van der Waals surface area contributed by atoms with Crippen molar-refractivity contribution >= 4 is 0 Å². The number of hydrogen-bond acceptors (Lipinski definition) is 3. The number of benzene rings is 1. The van der Waals surface area contributed by atoms with E-state index in [1.165, 1.54) is 12.0 Å². The van der Waals surface area contributed by atoms with Crippen LogP contribution in [0.2, 0.25) is 0 Å². The first-order chi connectivity index (χ1) is 7.35. The average Bonchev–Trinajstić information content (AvgIpc) is 2.25. The van der Waals surface area contributed by atoms with Gasteiger partial charge in [-0.05, 0) is 12.5 Å². The summed E-state index contributed by atoms with van der Waals surface area (Å²) < 4.78 is 5.33. The summed E-state index contributed by atoms with van der Waals surface area (Å²) in [5.74, 6) is 0.972. The van der Waals surface area contributed by atoms with Crippen LogP contribution in [0.25, 0.3) is 0 Å². The lowest BCUT2D eigenvalue weighted by molar-refractivity contribution is 0.0872. The van der Waals surface area contributed by atoms with E-state index in [0.717, 1.165) is 25.4 Å². The molecule has 3 nitrogen and oxygen atoms in total. The summed E-state index contributed by atoms with van der Waals surface area (Å²) in [4.78, 5) is 2.40. The standard InChI is InChI=1S/C12H18N2O/c1-15-12-5-3-2-4-10(12)9-14-7-6-11(14)8-13/h2-5,11H,6-9,13H2,1H3. The van der Waals surface area contributed by atoms with Gasteiger partial charge in [-0.2, -0.15) is 0 Å². The molecule has 0 aliphatic carbocycles. The van der Waals surface area contributed by atoms with Crippen molar-refractivity contribution in [3.05, 3.63) is 29.8 Å². The fourth-order valence-corrected chi connectivity index (χ4v) is 2.02. The van der Waals surface area contributed by atoms with Crippen molar-refractivity contribution in [2.45, 2.75) is 19.0 Å². The first-order valence-corrected chi connectivity index (χ1v) is 5.41. The number of likely N-dealkylation sites (tertiary alicyclic amines) is 1. The molecule has 0 aromatic heterocycles. The molecular weight excluding hydrogens is 188 g/mol. The molecule has 0 amide bonds.